The van der Waals surface area contributed by atoms with Crippen molar-refractivity contribution in [2.75, 3.05) is 19.6 Å². The largest absolute Gasteiger partial charge is 0.334 e. The molecule has 0 aliphatic carbocycles. The highest BCUT2D eigenvalue weighted by atomic mass is 35.5. The van der Waals surface area contributed by atoms with Crippen molar-refractivity contribution < 1.29 is 9.59 Å². The molecule has 0 heterocycles. The van der Waals surface area contributed by atoms with Gasteiger partial charge < -0.3 is 15.5 Å². The molecule has 0 atom stereocenters. The lowest BCUT2D eigenvalue weighted by atomic mass is 10.2. The number of nitrogens with one attached hydrogen (secondary N) is 2. The minimum absolute atomic E-state index is 0.194. The molecule has 7 nitrogen and oxygen atoms in total. The van der Waals surface area contributed by atoms with Crippen LogP contribution in [0, 0.1) is 22.7 Å². The summed E-state index contributed by atoms with van der Waals surface area (Å²) in [5, 5.41) is 22.7. The lowest BCUT2D eigenvalue weighted by molar-refractivity contribution is -0.128. The Morgan fingerprint density at radius 1 is 1.09 bits per heavy atom. The third kappa shape index (κ3) is 6.12. The van der Waals surface area contributed by atoms with Crippen LogP contribution < -0.4 is 10.6 Å². The maximum absolute atomic E-state index is 11.7. The van der Waals surface area contributed by atoms with Gasteiger partial charge >= 0.3 is 6.03 Å². The SMILES string of the molecule is N#CCN(CC#N)C(=O)CNC(=O)NCc1ccc(Cl)cc1. The molecule has 0 saturated carbocycles. The van der Waals surface area contributed by atoms with Crippen LogP contribution in [0.2, 0.25) is 5.02 Å². The molecule has 0 bridgehead atoms. The zero-order valence-corrected chi connectivity index (χ0v) is 12.4. The number of urea groups is 1. The predicted molar refractivity (Wildman–Crippen MR) is 79.5 cm³/mol. The fraction of sp³-hybridized carbons (Fsp3) is 0.286. The molecule has 1 aromatic carbocycles. The van der Waals surface area contributed by atoms with Gasteiger partial charge in [-0.25, -0.2) is 4.79 Å². The Kier molecular flexibility index (Phi) is 7.24. The second-order valence-electron chi connectivity index (χ2n) is 4.23. The summed E-state index contributed by atoms with van der Waals surface area (Å²) in [7, 11) is 0. The van der Waals surface area contributed by atoms with Crippen LogP contribution in [0.25, 0.3) is 0 Å². The molecule has 22 heavy (non-hydrogen) atoms. The van der Waals surface area contributed by atoms with Crippen LogP contribution in [0.4, 0.5) is 4.79 Å². The molecular weight excluding hydrogens is 306 g/mol. The van der Waals surface area contributed by atoms with Crippen LogP contribution >= 0.6 is 11.6 Å². The van der Waals surface area contributed by atoms with E-state index in [0.29, 0.717) is 5.02 Å². The third-order valence-corrected chi connectivity index (χ3v) is 2.89. The molecule has 114 valence electrons. The maximum Gasteiger partial charge on any atom is 0.315 e. The first-order chi connectivity index (χ1) is 10.6. The number of carbonyl (C=O) groups is 2. The molecule has 0 spiro atoms. The maximum atomic E-state index is 11.7. The number of amides is 3. The van der Waals surface area contributed by atoms with E-state index < -0.39 is 11.9 Å². The molecule has 3 amide bonds. The molecule has 0 unspecified atom stereocenters. The van der Waals surface area contributed by atoms with E-state index in [1.165, 1.54) is 0 Å². The van der Waals surface area contributed by atoms with Crippen molar-refractivity contribution in [2.24, 2.45) is 0 Å². The van der Waals surface area contributed by atoms with E-state index in [4.69, 9.17) is 22.1 Å². The Balaban J connectivity index is 2.36. The van der Waals surface area contributed by atoms with Crippen LogP contribution in [-0.2, 0) is 11.3 Å². The fourth-order valence-electron chi connectivity index (χ4n) is 1.52. The van der Waals surface area contributed by atoms with E-state index in [1.54, 1.807) is 36.4 Å². The standard InChI is InChI=1S/C14H14ClN5O2/c15-12-3-1-11(2-4-12)9-18-14(22)19-10-13(21)20(7-5-16)8-6-17/h1-4H,7-10H2,(H2,18,19,22). The summed E-state index contributed by atoms with van der Waals surface area (Å²) < 4.78 is 0. The lowest BCUT2D eigenvalue weighted by Gasteiger charge is -2.16. The molecule has 0 fully saturated rings. The number of benzene rings is 1. The van der Waals surface area contributed by atoms with Crippen LogP contribution in [-0.4, -0.2) is 36.5 Å². The van der Waals surface area contributed by atoms with Gasteiger partial charge in [0.15, 0.2) is 0 Å². The Hall–Kier alpha value is -2.77. The van der Waals surface area contributed by atoms with Crippen molar-refractivity contribution in [2.45, 2.75) is 6.54 Å². The van der Waals surface area contributed by atoms with Gasteiger partial charge in [-0.1, -0.05) is 23.7 Å². The molecule has 0 saturated heterocycles. The van der Waals surface area contributed by atoms with E-state index in [2.05, 4.69) is 10.6 Å². The summed E-state index contributed by atoms with van der Waals surface area (Å²) in [5.74, 6) is -0.496. The number of hydrogen-bond donors (Lipinski definition) is 2. The van der Waals surface area contributed by atoms with Gasteiger partial charge in [0.1, 0.15) is 13.1 Å². The highest BCUT2D eigenvalue weighted by molar-refractivity contribution is 6.30. The summed E-state index contributed by atoms with van der Waals surface area (Å²) in [6, 6.07) is 10.0. The Labute approximate surface area is 133 Å². The van der Waals surface area contributed by atoms with Gasteiger partial charge in [0.25, 0.3) is 0 Å². The van der Waals surface area contributed by atoms with Crippen molar-refractivity contribution in [3.63, 3.8) is 0 Å². The number of rotatable bonds is 6. The number of nitrogens with zero attached hydrogens (tertiary/aromatic N) is 3. The van der Waals surface area contributed by atoms with Crippen molar-refractivity contribution in [1.29, 1.82) is 10.5 Å². The van der Waals surface area contributed by atoms with Gasteiger partial charge in [0, 0.05) is 11.6 Å². The van der Waals surface area contributed by atoms with E-state index in [-0.39, 0.29) is 26.2 Å². The summed E-state index contributed by atoms with van der Waals surface area (Å²) in [5.41, 5.74) is 0.862. The molecule has 0 aliphatic rings. The van der Waals surface area contributed by atoms with Crippen LogP contribution in [0.5, 0.6) is 0 Å². The van der Waals surface area contributed by atoms with Crippen LogP contribution in [0.15, 0.2) is 24.3 Å². The number of hydrogen-bond acceptors (Lipinski definition) is 4. The van der Waals surface area contributed by atoms with Gasteiger partial charge in [-0.15, -0.1) is 0 Å². The zero-order chi connectivity index (χ0) is 16.4. The molecule has 8 heteroatoms. The highest BCUT2D eigenvalue weighted by Crippen LogP contribution is 2.08. The Bertz CT molecular complexity index is 587. The van der Waals surface area contributed by atoms with Crippen molar-refractivity contribution in [3.05, 3.63) is 34.9 Å². The average molecular weight is 320 g/mol. The second kappa shape index (κ2) is 9.22. The molecule has 0 aromatic heterocycles. The molecule has 1 aromatic rings. The summed E-state index contributed by atoms with van der Waals surface area (Å²) in [6.45, 7) is -0.381. The summed E-state index contributed by atoms with van der Waals surface area (Å²) in [6.07, 6.45) is 0. The van der Waals surface area contributed by atoms with Gasteiger partial charge in [0.05, 0.1) is 18.7 Å². The Morgan fingerprint density at radius 2 is 1.68 bits per heavy atom. The van der Waals surface area contributed by atoms with Crippen molar-refractivity contribution in [3.8, 4) is 12.1 Å². The van der Waals surface area contributed by atoms with Gasteiger partial charge in [-0.2, -0.15) is 10.5 Å². The average Bonchev–Trinajstić information content (AvgIpc) is 2.52. The lowest BCUT2D eigenvalue weighted by Crippen LogP contribution is -2.43. The number of halogens is 1. The number of carbonyl (C=O) groups excluding carboxylic acids is 2. The highest BCUT2D eigenvalue weighted by Gasteiger charge is 2.13. The second-order valence-corrected chi connectivity index (χ2v) is 4.67. The third-order valence-electron chi connectivity index (χ3n) is 2.64. The number of nitriles is 2. The van der Waals surface area contributed by atoms with E-state index in [0.717, 1.165) is 10.5 Å². The summed E-state index contributed by atoms with van der Waals surface area (Å²) in [4.78, 5) is 24.3. The molecule has 2 N–H and O–H groups in total. The fourth-order valence-corrected chi connectivity index (χ4v) is 1.64. The normalized spacial score (nSPS) is 9.23. The summed E-state index contributed by atoms with van der Waals surface area (Å²) >= 11 is 5.75. The molecule has 1 rings (SSSR count). The van der Waals surface area contributed by atoms with Gasteiger partial charge in [-0.05, 0) is 17.7 Å². The first-order valence-corrected chi connectivity index (χ1v) is 6.72. The van der Waals surface area contributed by atoms with Crippen molar-refractivity contribution >= 4 is 23.5 Å². The molecule has 0 aliphatic heterocycles. The van der Waals surface area contributed by atoms with E-state index in [9.17, 15) is 9.59 Å². The Morgan fingerprint density at radius 3 is 2.23 bits per heavy atom. The van der Waals surface area contributed by atoms with Crippen LogP contribution in [0.3, 0.4) is 0 Å². The minimum Gasteiger partial charge on any atom is -0.334 e. The van der Waals surface area contributed by atoms with E-state index in [1.807, 2.05) is 0 Å². The first-order valence-electron chi connectivity index (χ1n) is 6.34. The first kappa shape index (κ1) is 17.3. The van der Waals surface area contributed by atoms with E-state index >= 15 is 0 Å². The molecule has 0 radical (unpaired) electrons. The van der Waals surface area contributed by atoms with Crippen molar-refractivity contribution in [1.82, 2.24) is 15.5 Å². The topological polar surface area (TPSA) is 109 Å². The van der Waals surface area contributed by atoms with Gasteiger partial charge in [-0.3, -0.25) is 4.79 Å². The quantitative estimate of drug-likeness (QED) is 0.763. The van der Waals surface area contributed by atoms with Gasteiger partial charge in [0.2, 0.25) is 5.91 Å². The molecular formula is C14H14ClN5O2. The smallest absolute Gasteiger partial charge is 0.315 e. The monoisotopic (exact) mass is 319 g/mol. The minimum atomic E-state index is -0.517. The zero-order valence-electron chi connectivity index (χ0n) is 11.7. The predicted octanol–water partition coefficient (Wildman–Crippen LogP) is 1.01. The van der Waals surface area contributed by atoms with Crippen LogP contribution in [0.1, 0.15) is 5.56 Å².